The lowest BCUT2D eigenvalue weighted by Gasteiger charge is -2.43. The van der Waals surface area contributed by atoms with Gasteiger partial charge in [0.05, 0.1) is 34.9 Å². The Balaban J connectivity index is 1.27. The third-order valence-electron chi connectivity index (χ3n) is 7.50. The molecule has 1 fully saturated rings. The number of benzene rings is 2. The van der Waals surface area contributed by atoms with Crippen LogP contribution >= 0.6 is 11.6 Å². The molecule has 0 unspecified atom stereocenters. The smallest absolute Gasteiger partial charge is 0.254 e. The van der Waals surface area contributed by atoms with Crippen LogP contribution in [-0.4, -0.2) is 50.0 Å². The molecule has 0 bridgehead atoms. The lowest BCUT2D eigenvalue weighted by atomic mass is 9.83. The van der Waals surface area contributed by atoms with E-state index >= 15 is 0 Å². The maximum Gasteiger partial charge on any atom is 0.254 e. The van der Waals surface area contributed by atoms with Crippen molar-refractivity contribution in [2.45, 2.75) is 51.2 Å². The number of fused-ring (bicyclic) bond motifs is 2. The average Bonchev–Trinajstić information content (AvgIpc) is 3.34. The van der Waals surface area contributed by atoms with Crippen LogP contribution in [0.15, 0.2) is 60.8 Å². The second-order valence-electron chi connectivity index (χ2n) is 11.2. The number of likely N-dealkylation sites (tertiary alicyclic amines) is 1. The molecule has 1 spiro atoms. The van der Waals surface area contributed by atoms with Gasteiger partial charge in [-0.25, -0.2) is 4.98 Å². The molecule has 2 aromatic carbocycles. The monoisotopic (exact) mass is 528 g/mol. The van der Waals surface area contributed by atoms with Gasteiger partial charge in [-0.3, -0.25) is 14.3 Å². The molecule has 6 rings (SSSR count). The summed E-state index contributed by atoms with van der Waals surface area (Å²) in [4.78, 5) is 33.5. The van der Waals surface area contributed by atoms with E-state index in [-0.39, 0.29) is 23.7 Å². The fourth-order valence-electron chi connectivity index (χ4n) is 5.34. The number of nitrogens with zero attached hydrogens (tertiary/aromatic N) is 4. The van der Waals surface area contributed by atoms with Gasteiger partial charge in [0.2, 0.25) is 0 Å². The highest BCUT2D eigenvalue weighted by Crippen LogP contribution is 2.40. The van der Waals surface area contributed by atoms with Gasteiger partial charge in [0.1, 0.15) is 5.60 Å². The lowest BCUT2D eigenvalue weighted by Crippen LogP contribution is -2.52. The fraction of sp³-hybridized carbons (Fsp3) is 0.333. The van der Waals surface area contributed by atoms with Crippen LogP contribution in [0.2, 0.25) is 5.02 Å². The number of pyridine rings is 1. The minimum absolute atomic E-state index is 0.00136. The van der Waals surface area contributed by atoms with Crippen LogP contribution in [0.25, 0.3) is 22.2 Å². The molecule has 0 aliphatic carbocycles. The summed E-state index contributed by atoms with van der Waals surface area (Å²) in [5.74, 6) is 0.481. The van der Waals surface area contributed by atoms with Gasteiger partial charge in [0, 0.05) is 41.9 Å². The number of hydrogen-bond donors (Lipinski definition) is 0. The van der Waals surface area contributed by atoms with Crippen molar-refractivity contribution in [2.24, 2.45) is 0 Å². The first-order valence-electron chi connectivity index (χ1n) is 12.9. The topological polar surface area (TPSA) is 77.3 Å². The Morgan fingerprint density at radius 2 is 1.76 bits per heavy atom. The molecule has 7 nitrogen and oxygen atoms in total. The molecule has 194 valence electrons. The molecular weight excluding hydrogens is 500 g/mol. The molecule has 4 aromatic rings. The van der Waals surface area contributed by atoms with Gasteiger partial charge in [-0.2, -0.15) is 5.10 Å². The van der Waals surface area contributed by atoms with Crippen LogP contribution in [0, 0.1) is 0 Å². The number of amides is 1. The molecule has 2 aliphatic heterocycles. The first-order chi connectivity index (χ1) is 18.1. The number of hydrogen-bond acceptors (Lipinski definition) is 5. The van der Waals surface area contributed by atoms with Crippen molar-refractivity contribution in [3.8, 4) is 17.0 Å². The van der Waals surface area contributed by atoms with Gasteiger partial charge in [0.25, 0.3) is 5.91 Å². The molecule has 0 atom stereocenters. The van der Waals surface area contributed by atoms with Gasteiger partial charge in [-0.1, -0.05) is 48.0 Å². The number of ketones is 1. The van der Waals surface area contributed by atoms with E-state index in [2.05, 4.69) is 5.10 Å². The predicted molar refractivity (Wildman–Crippen MR) is 147 cm³/mol. The molecule has 0 saturated carbocycles. The van der Waals surface area contributed by atoms with Gasteiger partial charge >= 0.3 is 0 Å². The molecule has 0 radical (unpaired) electrons. The van der Waals surface area contributed by atoms with Gasteiger partial charge < -0.3 is 9.64 Å². The number of Topliss-reactive ketones (excluding diaryl/α,β-unsaturated/α-hetero) is 1. The minimum Gasteiger partial charge on any atom is -0.483 e. The van der Waals surface area contributed by atoms with E-state index in [9.17, 15) is 9.59 Å². The standard InChI is InChI=1S/C30H29ClN4O3/c1-29(2,3)35-18-26-27(33-35)25(36)17-30(38-26)12-14-34(15-13-30)28(37)21-16-24(20-9-4-6-10-22(20)31)32-23-11-7-5-8-19(21)23/h4-11,16,18H,12-15,17H2,1-3H3. The van der Waals surface area contributed by atoms with Crippen molar-refractivity contribution in [3.05, 3.63) is 77.1 Å². The number of carbonyl (C=O) groups is 2. The van der Waals surface area contributed by atoms with E-state index < -0.39 is 5.60 Å². The van der Waals surface area contributed by atoms with Crippen LogP contribution in [0.3, 0.4) is 0 Å². The maximum atomic E-state index is 13.9. The largest absolute Gasteiger partial charge is 0.483 e. The van der Waals surface area contributed by atoms with E-state index in [1.807, 2.05) is 86.5 Å². The van der Waals surface area contributed by atoms with Gasteiger partial charge in [-0.15, -0.1) is 0 Å². The van der Waals surface area contributed by atoms with Crippen molar-refractivity contribution >= 4 is 34.2 Å². The van der Waals surface area contributed by atoms with Crippen molar-refractivity contribution in [1.82, 2.24) is 19.7 Å². The van der Waals surface area contributed by atoms with Crippen LogP contribution < -0.4 is 4.74 Å². The first-order valence-corrected chi connectivity index (χ1v) is 13.3. The molecule has 38 heavy (non-hydrogen) atoms. The van der Waals surface area contributed by atoms with Crippen LogP contribution in [0.5, 0.6) is 5.75 Å². The number of halogens is 1. The van der Waals surface area contributed by atoms with Crippen molar-refractivity contribution < 1.29 is 14.3 Å². The quantitative estimate of drug-likeness (QED) is 0.312. The predicted octanol–water partition coefficient (Wildman–Crippen LogP) is 6.15. The Kier molecular flexibility index (Phi) is 5.80. The Hall–Kier alpha value is -3.71. The number of rotatable bonds is 2. The number of ether oxygens (including phenoxy) is 1. The first kappa shape index (κ1) is 24.6. The van der Waals surface area contributed by atoms with E-state index in [1.165, 1.54) is 0 Å². The fourth-order valence-corrected chi connectivity index (χ4v) is 5.57. The third kappa shape index (κ3) is 4.25. The normalized spacial score (nSPS) is 16.9. The summed E-state index contributed by atoms with van der Waals surface area (Å²) in [6.07, 6.45) is 3.25. The van der Waals surface area contributed by atoms with Crippen molar-refractivity contribution in [1.29, 1.82) is 0 Å². The number of aromatic nitrogens is 3. The highest BCUT2D eigenvalue weighted by molar-refractivity contribution is 6.33. The lowest BCUT2D eigenvalue weighted by molar-refractivity contribution is -0.00581. The molecule has 8 heteroatoms. The Labute approximate surface area is 226 Å². The second kappa shape index (κ2) is 8.95. The molecule has 2 aromatic heterocycles. The molecule has 1 amide bonds. The SMILES string of the molecule is CC(C)(C)n1cc2c(n1)C(=O)CC1(CCN(C(=O)c3cc(-c4ccccc4Cl)nc4ccccc34)CC1)O2. The summed E-state index contributed by atoms with van der Waals surface area (Å²) < 4.78 is 8.22. The van der Waals surface area contributed by atoms with E-state index in [0.29, 0.717) is 53.7 Å². The zero-order valence-electron chi connectivity index (χ0n) is 21.7. The molecule has 1 saturated heterocycles. The minimum atomic E-state index is -0.615. The van der Waals surface area contributed by atoms with Crippen LogP contribution in [0.1, 0.15) is 60.9 Å². The summed E-state index contributed by atoms with van der Waals surface area (Å²) in [6.45, 7) is 7.10. The molecule has 4 heterocycles. The van der Waals surface area contributed by atoms with Gasteiger partial charge in [0.15, 0.2) is 17.2 Å². The zero-order chi connectivity index (χ0) is 26.7. The van der Waals surface area contributed by atoms with Crippen LogP contribution in [-0.2, 0) is 5.54 Å². The molecule has 2 aliphatic rings. The summed E-state index contributed by atoms with van der Waals surface area (Å²) in [7, 11) is 0. The number of carbonyl (C=O) groups excluding carboxylic acids is 2. The second-order valence-corrected chi connectivity index (χ2v) is 11.6. The summed E-state index contributed by atoms with van der Waals surface area (Å²) in [6, 6.07) is 17.0. The maximum absolute atomic E-state index is 13.9. The Bertz CT molecular complexity index is 1580. The summed E-state index contributed by atoms with van der Waals surface area (Å²) in [5.41, 5.74) is 2.32. The number of piperidine rings is 1. The Morgan fingerprint density at radius 3 is 2.50 bits per heavy atom. The summed E-state index contributed by atoms with van der Waals surface area (Å²) in [5, 5.41) is 5.88. The van der Waals surface area contributed by atoms with E-state index in [4.69, 9.17) is 21.3 Å². The van der Waals surface area contributed by atoms with Crippen molar-refractivity contribution in [3.63, 3.8) is 0 Å². The zero-order valence-corrected chi connectivity index (χ0v) is 22.5. The third-order valence-corrected chi connectivity index (χ3v) is 7.83. The van der Waals surface area contributed by atoms with E-state index in [0.717, 1.165) is 16.5 Å². The van der Waals surface area contributed by atoms with Crippen molar-refractivity contribution in [2.75, 3.05) is 13.1 Å². The Morgan fingerprint density at radius 1 is 1.05 bits per heavy atom. The molecule has 0 N–H and O–H groups in total. The molecular formula is C30H29ClN4O3. The highest BCUT2D eigenvalue weighted by Gasteiger charge is 2.45. The van der Waals surface area contributed by atoms with Crippen LogP contribution in [0.4, 0.5) is 0 Å². The van der Waals surface area contributed by atoms with Gasteiger partial charge in [-0.05, 0) is 39.0 Å². The number of para-hydroxylation sites is 1. The average molecular weight is 529 g/mol. The summed E-state index contributed by atoms with van der Waals surface area (Å²) >= 11 is 6.46. The highest BCUT2D eigenvalue weighted by atomic mass is 35.5. The van der Waals surface area contributed by atoms with E-state index in [1.54, 1.807) is 4.68 Å².